The SMILES string of the molecule is CCN(c1ccccc1)c1nccnc1CN. The first-order valence-electron chi connectivity index (χ1n) is 5.69. The first-order chi connectivity index (χ1) is 8.36. The summed E-state index contributed by atoms with van der Waals surface area (Å²) in [7, 11) is 0. The molecule has 1 aromatic carbocycles. The van der Waals surface area contributed by atoms with Gasteiger partial charge < -0.3 is 10.6 Å². The maximum Gasteiger partial charge on any atom is 0.156 e. The van der Waals surface area contributed by atoms with Crippen molar-refractivity contribution < 1.29 is 0 Å². The van der Waals surface area contributed by atoms with E-state index in [9.17, 15) is 0 Å². The van der Waals surface area contributed by atoms with Crippen LogP contribution in [-0.4, -0.2) is 16.5 Å². The van der Waals surface area contributed by atoms with Crippen LogP contribution in [0.4, 0.5) is 11.5 Å². The third-order valence-corrected chi connectivity index (χ3v) is 2.59. The second kappa shape index (κ2) is 5.41. The van der Waals surface area contributed by atoms with Gasteiger partial charge in [0.1, 0.15) is 0 Å². The first-order valence-corrected chi connectivity index (χ1v) is 5.69. The number of nitrogens with two attached hydrogens (primary N) is 1. The second-order valence-electron chi connectivity index (χ2n) is 3.61. The van der Waals surface area contributed by atoms with Crippen LogP contribution in [0.15, 0.2) is 42.7 Å². The van der Waals surface area contributed by atoms with E-state index in [4.69, 9.17) is 5.73 Å². The van der Waals surface area contributed by atoms with Gasteiger partial charge in [0.2, 0.25) is 0 Å². The van der Waals surface area contributed by atoms with E-state index in [0.29, 0.717) is 6.54 Å². The monoisotopic (exact) mass is 228 g/mol. The van der Waals surface area contributed by atoms with Gasteiger partial charge >= 0.3 is 0 Å². The minimum absolute atomic E-state index is 0.395. The van der Waals surface area contributed by atoms with Crippen molar-refractivity contribution in [1.82, 2.24) is 9.97 Å². The van der Waals surface area contributed by atoms with Crippen LogP contribution >= 0.6 is 0 Å². The summed E-state index contributed by atoms with van der Waals surface area (Å²) in [6.45, 7) is 3.31. The van der Waals surface area contributed by atoms with Crippen LogP contribution in [0.1, 0.15) is 12.6 Å². The summed E-state index contributed by atoms with van der Waals surface area (Å²) in [6, 6.07) is 10.1. The summed E-state index contributed by atoms with van der Waals surface area (Å²) in [6.07, 6.45) is 3.37. The van der Waals surface area contributed by atoms with Crippen molar-refractivity contribution in [2.45, 2.75) is 13.5 Å². The van der Waals surface area contributed by atoms with Crippen LogP contribution in [0.3, 0.4) is 0 Å². The zero-order valence-corrected chi connectivity index (χ0v) is 9.87. The molecule has 0 spiro atoms. The standard InChI is InChI=1S/C13H16N4/c1-2-17(11-6-4-3-5-7-11)13-12(10-14)15-8-9-16-13/h3-9H,2,10,14H2,1H3. The topological polar surface area (TPSA) is 55.0 Å². The van der Waals surface area contributed by atoms with E-state index >= 15 is 0 Å². The van der Waals surface area contributed by atoms with Crippen molar-refractivity contribution in [3.8, 4) is 0 Å². The Bertz CT molecular complexity index is 470. The van der Waals surface area contributed by atoms with Crippen LogP contribution in [0.5, 0.6) is 0 Å². The molecule has 0 amide bonds. The largest absolute Gasteiger partial charge is 0.325 e. The fourth-order valence-corrected chi connectivity index (χ4v) is 1.79. The molecule has 0 radical (unpaired) electrons. The van der Waals surface area contributed by atoms with Gasteiger partial charge in [0.15, 0.2) is 5.82 Å². The molecule has 0 unspecified atom stereocenters. The highest BCUT2D eigenvalue weighted by Gasteiger charge is 2.12. The molecule has 0 aliphatic carbocycles. The molecule has 0 fully saturated rings. The fraction of sp³-hybridized carbons (Fsp3) is 0.231. The van der Waals surface area contributed by atoms with Gasteiger partial charge in [-0.05, 0) is 19.1 Å². The Balaban J connectivity index is 2.42. The molecule has 1 heterocycles. The molecule has 2 aromatic rings. The van der Waals surface area contributed by atoms with Crippen LogP contribution < -0.4 is 10.6 Å². The number of para-hydroxylation sites is 1. The van der Waals surface area contributed by atoms with Gasteiger partial charge in [0.05, 0.1) is 5.69 Å². The maximum atomic E-state index is 5.69. The van der Waals surface area contributed by atoms with Crippen molar-refractivity contribution in [2.24, 2.45) is 5.73 Å². The minimum Gasteiger partial charge on any atom is -0.325 e. The molecule has 88 valence electrons. The number of hydrogen-bond acceptors (Lipinski definition) is 4. The molecule has 2 N–H and O–H groups in total. The van der Waals surface area contributed by atoms with Crippen LogP contribution in [0.25, 0.3) is 0 Å². The Morgan fingerprint density at radius 2 is 1.82 bits per heavy atom. The van der Waals surface area contributed by atoms with E-state index in [2.05, 4.69) is 33.9 Å². The highest BCUT2D eigenvalue weighted by atomic mass is 15.2. The Kier molecular flexibility index (Phi) is 3.67. The molecule has 0 atom stereocenters. The average Bonchev–Trinajstić information content (AvgIpc) is 2.41. The zero-order valence-electron chi connectivity index (χ0n) is 9.87. The molecule has 1 aromatic heterocycles. The Labute approximate surface area is 101 Å². The highest BCUT2D eigenvalue weighted by Crippen LogP contribution is 2.24. The van der Waals surface area contributed by atoms with Crippen LogP contribution in [0.2, 0.25) is 0 Å². The van der Waals surface area contributed by atoms with Gasteiger partial charge in [-0.2, -0.15) is 0 Å². The second-order valence-corrected chi connectivity index (χ2v) is 3.61. The molecule has 2 rings (SSSR count). The zero-order chi connectivity index (χ0) is 12.1. The molecular formula is C13H16N4. The minimum atomic E-state index is 0.395. The van der Waals surface area contributed by atoms with Crippen molar-refractivity contribution in [2.75, 3.05) is 11.4 Å². The van der Waals surface area contributed by atoms with E-state index in [-0.39, 0.29) is 0 Å². The summed E-state index contributed by atoms with van der Waals surface area (Å²) < 4.78 is 0. The normalized spacial score (nSPS) is 10.2. The number of anilines is 2. The third kappa shape index (κ3) is 2.42. The summed E-state index contributed by atoms with van der Waals surface area (Å²) in [4.78, 5) is 10.7. The predicted molar refractivity (Wildman–Crippen MR) is 69.0 cm³/mol. The van der Waals surface area contributed by atoms with E-state index in [1.54, 1.807) is 12.4 Å². The number of rotatable bonds is 4. The van der Waals surface area contributed by atoms with Gasteiger partial charge in [-0.3, -0.25) is 4.98 Å². The van der Waals surface area contributed by atoms with E-state index < -0.39 is 0 Å². The van der Waals surface area contributed by atoms with Gasteiger partial charge in [0.25, 0.3) is 0 Å². The molecule has 4 nitrogen and oxygen atoms in total. The molecule has 0 saturated carbocycles. The summed E-state index contributed by atoms with van der Waals surface area (Å²) in [5, 5.41) is 0. The lowest BCUT2D eigenvalue weighted by Crippen LogP contribution is -2.20. The Hall–Kier alpha value is -1.94. The summed E-state index contributed by atoms with van der Waals surface area (Å²) in [5.74, 6) is 0.837. The van der Waals surface area contributed by atoms with E-state index in [0.717, 1.165) is 23.7 Å². The smallest absolute Gasteiger partial charge is 0.156 e. The van der Waals surface area contributed by atoms with Gasteiger partial charge in [-0.1, -0.05) is 18.2 Å². The molecule has 17 heavy (non-hydrogen) atoms. The molecule has 0 aliphatic rings. The van der Waals surface area contributed by atoms with Gasteiger partial charge in [-0.25, -0.2) is 4.98 Å². The van der Waals surface area contributed by atoms with Crippen molar-refractivity contribution in [1.29, 1.82) is 0 Å². The van der Waals surface area contributed by atoms with Gasteiger partial charge in [-0.15, -0.1) is 0 Å². The van der Waals surface area contributed by atoms with Crippen molar-refractivity contribution in [3.63, 3.8) is 0 Å². The van der Waals surface area contributed by atoms with Gasteiger partial charge in [0, 0.05) is 31.2 Å². The van der Waals surface area contributed by atoms with E-state index in [1.807, 2.05) is 18.2 Å². The van der Waals surface area contributed by atoms with Crippen molar-refractivity contribution in [3.05, 3.63) is 48.4 Å². The first kappa shape index (κ1) is 11.5. The Morgan fingerprint density at radius 3 is 2.47 bits per heavy atom. The summed E-state index contributed by atoms with van der Waals surface area (Å²) in [5.41, 5.74) is 7.61. The fourth-order valence-electron chi connectivity index (χ4n) is 1.79. The van der Waals surface area contributed by atoms with Crippen LogP contribution in [-0.2, 0) is 6.54 Å². The molecular weight excluding hydrogens is 212 g/mol. The number of hydrogen-bond donors (Lipinski definition) is 1. The quantitative estimate of drug-likeness (QED) is 0.870. The number of aromatic nitrogens is 2. The maximum absolute atomic E-state index is 5.69. The molecule has 0 bridgehead atoms. The predicted octanol–water partition coefficient (Wildman–Crippen LogP) is 2.09. The average molecular weight is 228 g/mol. The Morgan fingerprint density at radius 1 is 1.12 bits per heavy atom. The van der Waals surface area contributed by atoms with E-state index in [1.165, 1.54) is 0 Å². The van der Waals surface area contributed by atoms with Crippen molar-refractivity contribution >= 4 is 11.5 Å². The number of nitrogens with zero attached hydrogens (tertiary/aromatic N) is 3. The lowest BCUT2D eigenvalue weighted by Gasteiger charge is -2.23. The highest BCUT2D eigenvalue weighted by molar-refractivity contribution is 5.61. The third-order valence-electron chi connectivity index (χ3n) is 2.59. The number of benzene rings is 1. The molecule has 0 aliphatic heterocycles. The lowest BCUT2D eigenvalue weighted by atomic mass is 10.2. The molecule has 4 heteroatoms. The lowest BCUT2D eigenvalue weighted by molar-refractivity contribution is 0.905. The van der Waals surface area contributed by atoms with Crippen LogP contribution in [0, 0.1) is 0 Å². The molecule has 0 saturated heterocycles. The summed E-state index contributed by atoms with van der Waals surface area (Å²) >= 11 is 0.